The fourth-order valence-electron chi connectivity index (χ4n) is 1.32. The Bertz CT molecular complexity index is 247. The summed E-state index contributed by atoms with van der Waals surface area (Å²) in [5.41, 5.74) is 5.02. The van der Waals surface area contributed by atoms with Crippen molar-refractivity contribution >= 4 is 5.91 Å². The number of carbonyl (C=O) groups is 1. The highest BCUT2D eigenvalue weighted by Crippen LogP contribution is 2.13. The zero-order valence-electron chi connectivity index (χ0n) is 7.97. The molecule has 72 valence electrons. The molecule has 1 unspecified atom stereocenters. The fraction of sp³-hybridized carbons (Fsp3) is 0.444. The molecule has 0 radical (unpaired) electrons. The van der Waals surface area contributed by atoms with E-state index >= 15 is 0 Å². The number of nitrogens with two attached hydrogens (primary N) is 1. The minimum Gasteiger partial charge on any atom is -0.366 e. The van der Waals surface area contributed by atoms with Crippen LogP contribution in [0.3, 0.4) is 0 Å². The quantitative estimate of drug-likeness (QED) is 0.628. The minimum atomic E-state index is -0.406. The molecule has 0 aromatic carbocycles. The second-order valence-electron chi connectivity index (χ2n) is 2.97. The minimum absolute atomic E-state index is 0.123. The predicted molar refractivity (Wildman–Crippen MR) is 51.4 cm³/mol. The monoisotopic (exact) mass is 181 g/mol. The molecule has 1 aliphatic heterocycles. The summed E-state index contributed by atoms with van der Waals surface area (Å²) >= 11 is 0. The molecule has 1 amide bonds. The first kappa shape index (κ1) is 9.64. The normalized spacial score (nSPS) is 21.8. The molecule has 4 heteroatoms. The molecular formula is C9H15N3O. The van der Waals surface area contributed by atoms with Crippen molar-refractivity contribution in [1.82, 2.24) is 9.80 Å². The van der Waals surface area contributed by atoms with Crippen molar-refractivity contribution < 1.29 is 4.79 Å². The highest BCUT2D eigenvalue weighted by Gasteiger charge is 2.18. The van der Waals surface area contributed by atoms with E-state index in [-0.39, 0.29) is 6.17 Å². The van der Waals surface area contributed by atoms with Crippen LogP contribution in [0.25, 0.3) is 0 Å². The molecule has 1 atom stereocenters. The Balaban J connectivity index is 2.62. The Morgan fingerprint density at radius 2 is 2.31 bits per heavy atom. The number of nitrogens with zero attached hydrogens (tertiary/aromatic N) is 2. The van der Waals surface area contributed by atoms with Crippen molar-refractivity contribution in [2.45, 2.75) is 13.1 Å². The molecule has 2 N–H and O–H groups in total. The summed E-state index contributed by atoms with van der Waals surface area (Å²) in [5, 5.41) is 0. The van der Waals surface area contributed by atoms with Gasteiger partial charge in [-0.1, -0.05) is 0 Å². The number of likely N-dealkylation sites (N-methyl/N-ethyl adjacent to an activating group) is 2. The summed E-state index contributed by atoms with van der Waals surface area (Å²) < 4.78 is 0. The third-order valence-electron chi connectivity index (χ3n) is 2.05. The van der Waals surface area contributed by atoms with Crippen molar-refractivity contribution in [2.24, 2.45) is 5.73 Å². The summed E-state index contributed by atoms with van der Waals surface area (Å²) in [6.45, 7) is 2.98. The lowest BCUT2D eigenvalue weighted by atomic mass is 10.3. The van der Waals surface area contributed by atoms with Crippen molar-refractivity contribution in [1.29, 1.82) is 0 Å². The summed E-state index contributed by atoms with van der Waals surface area (Å²) in [6, 6.07) is 0. The summed E-state index contributed by atoms with van der Waals surface area (Å²) in [5.74, 6) is -0.406. The number of amides is 1. The van der Waals surface area contributed by atoms with Gasteiger partial charge < -0.3 is 15.5 Å². The van der Waals surface area contributed by atoms with Gasteiger partial charge in [0.15, 0.2) is 0 Å². The predicted octanol–water partition coefficient (Wildman–Crippen LogP) is 0.0925. The van der Waals surface area contributed by atoms with E-state index in [1.54, 1.807) is 6.08 Å². The van der Waals surface area contributed by atoms with Gasteiger partial charge in [-0.2, -0.15) is 0 Å². The SMILES string of the molecule is CCN1C=CN(C)C1C=CC(N)=O. The first-order valence-corrected chi connectivity index (χ1v) is 4.28. The third-order valence-corrected chi connectivity index (χ3v) is 2.05. The molecule has 0 aromatic rings. The second-order valence-corrected chi connectivity index (χ2v) is 2.97. The van der Waals surface area contributed by atoms with Gasteiger partial charge in [0, 0.05) is 32.1 Å². The standard InChI is InChI=1S/C9H15N3O/c1-3-12-7-6-11(2)9(12)5-4-8(10)13/h4-7,9H,3H2,1-2H3,(H2,10,13). The second kappa shape index (κ2) is 3.98. The van der Waals surface area contributed by atoms with Crippen LogP contribution in [0.4, 0.5) is 0 Å². The highest BCUT2D eigenvalue weighted by molar-refractivity contribution is 5.85. The van der Waals surface area contributed by atoms with Crippen LogP contribution in [0.15, 0.2) is 24.6 Å². The maximum absolute atomic E-state index is 10.5. The number of rotatable bonds is 3. The lowest BCUT2D eigenvalue weighted by molar-refractivity contribution is -0.113. The molecule has 13 heavy (non-hydrogen) atoms. The molecular weight excluding hydrogens is 166 g/mol. The summed E-state index contributed by atoms with van der Waals surface area (Å²) in [4.78, 5) is 14.7. The zero-order chi connectivity index (χ0) is 9.84. The number of hydrogen-bond acceptors (Lipinski definition) is 3. The Hall–Kier alpha value is -1.45. The van der Waals surface area contributed by atoms with Gasteiger partial charge in [0.05, 0.1) is 0 Å². The largest absolute Gasteiger partial charge is 0.366 e. The van der Waals surface area contributed by atoms with Crippen LogP contribution in [0, 0.1) is 0 Å². The highest BCUT2D eigenvalue weighted by atomic mass is 16.1. The lowest BCUT2D eigenvalue weighted by Crippen LogP contribution is -2.34. The Morgan fingerprint density at radius 3 is 2.85 bits per heavy atom. The van der Waals surface area contributed by atoms with Crippen molar-refractivity contribution in [3.05, 3.63) is 24.6 Å². The molecule has 0 spiro atoms. The van der Waals surface area contributed by atoms with Crippen LogP contribution in [0.5, 0.6) is 0 Å². The first-order valence-electron chi connectivity index (χ1n) is 4.28. The van der Waals surface area contributed by atoms with Gasteiger partial charge in [0.2, 0.25) is 5.91 Å². The molecule has 0 saturated carbocycles. The average Bonchev–Trinajstić information content (AvgIpc) is 2.43. The van der Waals surface area contributed by atoms with Crippen molar-refractivity contribution in [2.75, 3.05) is 13.6 Å². The number of primary amides is 1. The molecule has 1 aliphatic rings. The Morgan fingerprint density at radius 1 is 1.62 bits per heavy atom. The van der Waals surface area contributed by atoms with E-state index < -0.39 is 5.91 Å². The van der Waals surface area contributed by atoms with Crippen LogP contribution >= 0.6 is 0 Å². The average molecular weight is 181 g/mol. The summed E-state index contributed by atoms with van der Waals surface area (Å²) in [7, 11) is 1.96. The van der Waals surface area contributed by atoms with Gasteiger partial charge in [-0.25, -0.2) is 0 Å². The van der Waals surface area contributed by atoms with E-state index in [0.717, 1.165) is 6.54 Å². The maximum Gasteiger partial charge on any atom is 0.241 e. The van der Waals surface area contributed by atoms with E-state index in [1.165, 1.54) is 6.08 Å². The van der Waals surface area contributed by atoms with Gasteiger partial charge in [0.1, 0.15) is 6.17 Å². The first-order chi connectivity index (χ1) is 6.15. The molecule has 0 bridgehead atoms. The molecule has 1 heterocycles. The topological polar surface area (TPSA) is 49.6 Å². The van der Waals surface area contributed by atoms with Crippen molar-refractivity contribution in [3.8, 4) is 0 Å². The summed E-state index contributed by atoms with van der Waals surface area (Å²) in [6.07, 6.45) is 7.29. The fourth-order valence-corrected chi connectivity index (χ4v) is 1.32. The number of carbonyl (C=O) groups excluding carboxylic acids is 1. The van der Waals surface area contributed by atoms with E-state index in [4.69, 9.17) is 5.73 Å². The van der Waals surface area contributed by atoms with E-state index in [1.807, 2.05) is 24.3 Å². The van der Waals surface area contributed by atoms with Crippen LogP contribution in [-0.2, 0) is 4.79 Å². The Labute approximate surface area is 78.3 Å². The van der Waals surface area contributed by atoms with Gasteiger partial charge in [-0.05, 0) is 13.0 Å². The third kappa shape index (κ3) is 2.24. The molecule has 0 fully saturated rings. The molecule has 4 nitrogen and oxygen atoms in total. The van der Waals surface area contributed by atoms with E-state index in [2.05, 4.69) is 11.8 Å². The van der Waals surface area contributed by atoms with Gasteiger partial charge in [-0.3, -0.25) is 4.79 Å². The van der Waals surface area contributed by atoms with Crippen LogP contribution in [-0.4, -0.2) is 35.5 Å². The van der Waals surface area contributed by atoms with Gasteiger partial charge in [0.25, 0.3) is 0 Å². The lowest BCUT2D eigenvalue weighted by Gasteiger charge is -2.26. The van der Waals surface area contributed by atoms with Crippen molar-refractivity contribution in [3.63, 3.8) is 0 Å². The smallest absolute Gasteiger partial charge is 0.241 e. The molecule has 0 aliphatic carbocycles. The van der Waals surface area contributed by atoms with Crippen LogP contribution in [0.1, 0.15) is 6.92 Å². The zero-order valence-corrected chi connectivity index (χ0v) is 7.97. The molecule has 0 aromatic heterocycles. The molecule has 0 saturated heterocycles. The maximum atomic E-state index is 10.5. The molecule has 1 rings (SSSR count). The Kier molecular flexibility index (Phi) is 2.95. The number of hydrogen-bond donors (Lipinski definition) is 1. The van der Waals surface area contributed by atoms with Gasteiger partial charge >= 0.3 is 0 Å². The van der Waals surface area contributed by atoms with Crippen LogP contribution in [0.2, 0.25) is 0 Å². The van der Waals surface area contributed by atoms with E-state index in [0.29, 0.717) is 0 Å². The van der Waals surface area contributed by atoms with Gasteiger partial charge in [-0.15, -0.1) is 0 Å². The van der Waals surface area contributed by atoms with E-state index in [9.17, 15) is 4.79 Å². The van der Waals surface area contributed by atoms with Crippen LogP contribution < -0.4 is 5.73 Å².